The smallest absolute Gasteiger partial charge is 0.233 e. The molecule has 0 unspecified atom stereocenters. The first-order valence-electron chi connectivity index (χ1n) is 7.44. The summed E-state index contributed by atoms with van der Waals surface area (Å²) in [5.41, 5.74) is 1.72. The summed E-state index contributed by atoms with van der Waals surface area (Å²) in [4.78, 5) is 14.8. The van der Waals surface area contributed by atoms with Crippen LogP contribution in [-0.2, 0) is 4.79 Å². The molecule has 1 aromatic rings. The van der Waals surface area contributed by atoms with Gasteiger partial charge in [0, 0.05) is 12.1 Å². The molecular formula is C14H21N3OS2. The summed E-state index contributed by atoms with van der Waals surface area (Å²) in [7, 11) is 0. The topological polar surface area (TPSA) is 46.1 Å². The molecule has 0 bridgehead atoms. The fraction of sp³-hybridized carbons (Fsp3) is 0.786. The summed E-state index contributed by atoms with van der Waals surface area (Å²) in [6.45, 7) is 2.32. The minimum absolute atomic E-state index is 0.298. The van der Waals surface area contributed by atoms with Gasteiger partial charge in [-0.15, -0.1) is 10.2 Å². The van der Waals surface area contributed by atoms with Crippen LogP contribution in [0.4, 0.5) is 0 Å². The van der Waals surface area contributed by atoms with Crippen molar-refractivity contribution in [3.05, 3.63) is 5.51 Å². The maximum absolute atomic E-state index is 12.6. The zero-order valence-electron chi connectivity index (χ0n) is 11.8. The molecule has 20 heavy (non-hydrogen) atoms. The van der Waals surface area contributed by atoms with Crippen molar-refractivity contribution in [2.24, 2.45) is 5.92 Å². The van der Waals surface area contributed by atoms with E-state index in [4.69, 9.17) is 0 Å². The Bertz CT molecular complexity index is 439. The highest BCUT2D eigenvalue weighted by Crippen LogP contribution is 2.36. The summed E-state index contributed by atoms with van der Waals surface area (Å²) >= 11 is 3.03. The standard InChI is InChI=1S/C14H21N3OS2/c1-10-2-4-11(5-3-10)17(12-6-7-12)13(18)8-19-14-16-15-9-20-14/h9-12H,2-8H2,1H3. The van der Waals surface area contributed by atoms with E-state index in [9.17, 15) is 4.79 Å². The van der Waals surface area contributed by atoms with E-state index >= 15 is 0 Å². The average Bonchev–Trinajstić information content (AvgIpc) is 3.14. The second-order valence-electron chi connectivity index (χ2n) is 5.94. The van der Waals surface area contributed by atoms with Gasteiger partial charge in [-0.2, -0.15) is 0 Å². The Morgan fingerprint density at radius 1 is 1.30 bits per heavy atom. The number of carbonyl (C=O) groups is 1. The lowest BCUT2D eigenvalue weighted by atomic mass is 9.86. The van der Waals surface area contributed by atoms with Crippen LogP contribution in [0, 0.1) is 5.92 Å². The van der Waals surface area contributed by atoms with Gasteiger partial charge in [-0.1, -0.05) is 30.0 Å². The molecular weight excluding hydrogens is 290 g/mol. The molecule has 2 fully saturated rings. The van der Waals surface area contributed by atoms with E-state index < -0.39 is 0 Å². The van der Waals surface area contributed by atoms with Crippen molar-refractivity contribution in [2.75, 3.05) is 5.75 Å². The van der Waals surface area contributed by atoms with E-state index in [0.29, 0.717) is 23.7 Å². The van der Waals surface area contributed by atoms with Crippen LogP contribution in [0.3, 0.4) is 0 Å². The average molecular weight is 311 g/mol. The molecule has 4 nitrogen and oxygen atoms in total. The van der Waals surface area contributed by atoms with E-state index in [2.05, 4.69) is 22.0 Å². The zero-order chi connectivity index (χ0) is 13.9. The minimum atomic E-state index is 0.298. The lowest BCUT2D eigenvalue weighted by molar-refractivity contribution is -0.132. The molecule has 2 aliphatic rings. The minimum Gasteiger partial charge on any atom is -0.336 e. The molecule has 2 aliphatic carbocycles. The Morgan fingerprint density at radius 3 is 2.50 bits per heavy atom. The van der Waals surface area contributed by atoms with Gasteiger partial charge in [0.1, 0.15) is 5.51 Å². The van der Waals surface area contributed by atoms with Gasteiger partial charge in [-0.05, 0) is 44.4 Å². The van der Waals surface area contributed by atoms with Gasteiger partial charge in [0.25, 0.3) is 0 Å². The molecule has 1 aromatic heterocycles. The highest BCUT2D eigenvalue weighted by atomic mass is 32.2. The molecule has 0 spiro atoms. The van der Waals surface area contributed by atoms with Crippen molar-refractivity contribution < 1.29 is 4.79 Å². The molecule has 0 saturated heterocycles. The van der Waals surface area contributed by atoms with Gasteiger partial charge >= 0.3 is 0 Å². The summed E-state index contributed by atoms with van der Waals surface area (Å²) in [5.74, 6) is 1.64. The highest BCUT2D eigenvalue weighted by molar-refractivity contribution is 8.01. The summed E-state index contributed by atoms with van der Waals surface area (Å²) in [6.07, 6.45) is 7.30. The van der Waals surface area contributed by atoms with Gasteiger partial charge < -0.3 is 4.90 Å². The Labute approximate surface area is 128 Å². The molecule has 110 valence electrons. The van der Waals surface area contributed by atoms with Crippen LogP contribution < -0.4 is 0 Å². The lowest BCUT2D eigenvalue weighted by Crippen LogP contribution is -2.44. The Hall–Kier alpha value is -0.620. The van der Waals surface area contributed by atoms with Crippen LogP contribution in [0.5, 0.6) is 0 Å². The van der Waals surface area contributed by atoms with Crippen molar-refractivity contribution in [1.82, 2.24) is 15.1 Å². The quantitative estimate of drug-likeness (QED) is 0.783. The third kappa shape index (κ3) is 3.52. The van der Waals surface area contributed by atoms with E-state index in [1.54, 1.807) is 5.51 Å². The first-order chi connectivity index (χ1) is 9.74. The third-order valence-electron chi connectivity index (χ3n) is 4.27. The largest absolute Gasteiger partial charge is 0.336 e. The van der Waals surface area contributed by atoms with Crippen molar-refractivity contribution in [3.8, 4) is 0 Å². The SMILES string of the molecule is CC1CCC(N(C(=O)CSc2nncs2)C2CC2)CC1. The molecule has 0 N–H and O–H groups in total. The third-order valence-corrected chi connectivity index (χ3v) is 6.11. The van der Waals surface area contributed by atoms with Gasteiger partial charge in [-0.25, -0.2) is 0 Å². The van der Waals surface area contributed by atoms with Crippen LogP contribution in [0.25, 0.3) is 0 Å². The van der Waals surface area contributed by atoms with Crippen LogP contribution in [0.1, 0.15) is 45.4 Å². The molecule has 0 radical (unpaired) electrons. The van der Waals surface area contributed by atoms with Crippen molar-refractivity contribution >= 4 is 29.0 Å². The van der Waals surface area contributed by atoms with E-state index in [1.165, 1.54) is 61.6 Å². The predicted octanol–water partition coefficient (Wildman–Crippen LogP) is 3.20. The molecule has 1 amide bonds. The van der Waals surface area contributed by atoms with E-state index in [-0.39, 0.29) is 0 Å². The zero-order valence-corrected chi connectivity index (χ0v) is 13.5. The monoisotopic (exact) mass is 311 g/mol. The maximum Gasteiger partial charge on any atom is 0.233 e. The molecule has 6 heteroatoms. The number of hydrogen-bond acceptors (Lipinski definition) is 5. The number of amides is 1. The van der Waals surface area contributed by atoms with Crippen LogP contribution in [-0.4, -0.2) is 38.8 Å². The Morgan fingerprint density at radius 2 is 1.95 bits per heavy atom. The van der Waals surface area contributed by atoms with Crippen molar-refractivity contribution in [2.45, 2.75) is 61.9 Å². The highest BCUT2D eigenvalue weighted by Gasteiger charge is 2.38. The summed E-state index contributed by atoms with van der Waals surface area (Å²) in [5, 5.41) is 7.80. The molecule has 3 rings (SSSR count). The van der Waals surface area contributed by atoms with Gasteiger partial charge in [-0.3, -0.25) is 4.79 Å². The molecule has 0 atom stereocenters. The summed E-state index contributed by atoms with van der Waals surface area (Å²) < 4.78 is 0.895. The van der Waals surface area contributed by atoms with Crippen molar-refractivity contribution in [1.29, 1.82) is 0 Å². The van der Waals surface area contributed by atoms with Crippen LogP contribution in [0.15, 0.2) is 9.85 Å². The molecule has 0 aromatic carbocycles. The number of carbonyl (C=O) groups excluding carboxylic acids is 1. The number of aromatic nitrogens is 2. The lowest BCUT2D eigenvalue weighted by Gasteiger charge is -2.36. The fourth-order valence-electron chi connectivity index (χ4n) is 3.00. The summed E-state index contributed by atoms with van der Waals surface area (Å²) in [6, 6.07) is 1.01. The molecule has 1 heterocycles. The Kier molecular flexibility index (Phi) is 4.61. The first-order valence-corrected chi connectivity index (χ1v) is 9.30. The number of hydrogen-bond donors (Lipinski definition) is 0. The van der Waals surface area contributed by atoms with Crippen LogP contribution in [0.2, 0.25) is 0 Å². The number of thioether (sulfide) groups is 1. The van der Waals surface area contributed by atoms with Gasteiger partial charge in [0.15, 0.2) is 4.34 Å². The molecule has 0 aliphatic heterocycles. The first kappa shape index (κ1) is 14.3. The number of nitrogens with zero attached hydrogens (tertiary/aromatic N) is 3. The second-order valence-corrected chi connectivity index (χ2v) is 7.99. The van der Waals surface area contributed by atoms with E-state index in [1.807, 2.05) is 0 Å². The fourth-order valence-corrected chi connectivity index (χ4v) is 4.36. The van der Waals surface area contributed by atoms with Crippen molar-refractivity contribution in [3.63, 3.8) is 0 Å². The van der Waals surface area contributed by atoms with Gasteiger partial charge in [0.05, 0.1) is 5.75 Å². The van der Waals surface area contributed by atoms with Crippen LogP contribution >= 0.6 is 23.1 Å². The normalized spacial score (nSPS) is 26.4. The maximum atomic E-state index is 12.6. The Balaban J connectivity index is 1.57. The van der Waals surface area contributed by atoms with Gasteiger partial charge in [0.2, 0.25) is 5.91 Å². The van der Waals surface area contributed by atoms with E-state index in [0.717, 1.165) is 10.3 Å². The molecule has 2 saturated carbocycles. The second kappa shape index (κ2) is 6.43. The number of rotatable bonds is 5. The predicted molar refractivity (Wildman–Crippen MR) is 81.9 cm³/mol.